The number of rotatable bonds is 6. The van der Waals surface area contributed by atoms with Crippen molar-refractivity contribution in [3.05, 3.63) is 70.9 Å². The van der Waals surface area contributed by atoms with Gasteiger partial charge in [0.05, 0.1) is 23.1 Å². The van der Waals surface area contributed by atoms with Crippen LogP contribution < -0.4 is 10.2 Å². The number of hydrogen-bond donors (Lipinski definition) is 1. The van der Waals surface area contributed by atoms with Crippen LogP contribution in [0, 0.1) is 5.92 Å². The number of fused-ring (bicyclic) bond motifs is 1. The molecular formula is C26H27N3O6S2. The van der Waals surface area contributed by atoms with Crippen LogP contribution in [0.1, 0.15) is 32.6 Å². The van der Waals surface area contributed by atoms with E-state index < -0.39 is 39.1 Å². The Balaban J connectivity index is 1.43. The summed E-state index contributed by atoms with van der Waals surface area (Å²) in [7, 11) is -3.89. The molecule has 0 aromatic heterocycles. The van der Waals surface area contributed by atoms with E-state index in [2.05, 4.69) is 11.4 Å². The van der Waals surface area contributed by atoms with E-state index in [1.807, 2.05) is 6.08 Å². The number of carbonyl (C=O) groups is 3. The van der Waals surface area contributed by atoms with Crippen LogP contribution in [0.4, 0.5) is 10.5 Å². The lowest BCUT2D eigenvalue weighted by Crippen LogP contribution is -2.54. The van der Waals surface area contributed by atoms with Crippen molar-refractivity contribution in [2.45, 2.75) is 42.8 Å². The third kappa shape index (κ3) is 4.73. The molecule has 3 heterocycles. The summed E-state index contributed by atoms with van der Waals surface area (Å²) in [6, 6.07) is 5.29. The lowest BCUT2D eigenvalue weighted by molar-refractivity contribution is -0.137. The first-order chi connectivity index (χ1) is 17.8. The minimum atomic E-state index is -3.89. The normalized spacial score (nSPS) is 23.6. The number of benzene rings is 1. The van der Waals surface area contributed by atoms with Gasteiger partial charge in [-0.3, -0.25) is 9.10 Å². The molecule has 1 aromatic carbocycles. The van der Waals surface area contributed by atoms with Crippen LogP contribution in [-0.2, 0) is 24.3 Å². The van der Waals surface area contributed by atoms with Gasteiger partial charge in [0.15, 0.2) is 0 Å². The number of nitrogens with one attached hydrogen (secondary N) is 1. The number of urea groups is 1. The predicted octanol–water partition coefficient (Wildman–Crippen LogP) is 3.82. The van der Waals surface area contributed by atoms with E-state index in [0.717, 1.165) is 35.4 Å². The molecule has 37 heavy (non-hydrogen) atoms. The van der Waals surface area contributed by atoms with Gasteiger partial charge < -0.3 is 10.1 Å². The summed E-state index contributed by atoms with van der Waals surface area (Å²) in [6.45, 7) is 2.34. The van der Waals surface area contributed by atoms with Crippen LogP contribution in [0.3, 0.4) is 0 Å². The summed E-state index contributed by atoms with van der Waals surface area (Å²) in [6.07, 6.45) is 9.96. The van der Waals surface area contributed by atoms with Crippen LogP contribution in [0.5, 0.6) is 0 Å². The zero-order chi connectivity index (χ0) is 26.2. The van der Waals surface area contributed by atoms with Crippen LogP contribution in [0.25, 0.3) is 0 Å². The van der Waals surface area contributed by atoms with Gasteiger partial charge in [0.2, 0.25) is 5.91 Å². The van der Waals surface area contributed by atoms with E-state index in [0.29, 0.717) is 18.7 Å². The summed E-state index contributed by atoms with van der Waals surface area (Å²) in [4.78, 5) is 39.2. The number of hydrogen-bond acceptors (Lipinski definition) is 7. The van der Waals surface area contributed by atoms with Crippen molar-refractivity contribution in [1.82, 2.24) is 9.62 Å². The molecule has 3 amide bonds. The highest BCUT2D eigenvalue weighted by atomic mass is 32.2. The topological polar surface area (TPSA) is 113 Å². The monoisotopic (exact) mass is 541 g/mol. The maximum absolute atomic E-state index is 13.7. The molecule has 1 fully saturated rings. The smallest absolute Gasteiger partial charge is 0.332 e. The largest absolute Gasteiger partial charge is 0.463 e. The van der Waals surface area contributed by atoms with Crippen molar-refractivity contribution in [3.8, 4) is 0 Å². The van der Waals surface area contributed by atoms with Crippen molar-refractivity contribution in [1.29, 1.82) is 0 Å². The molecule has 0 saturated carbocycles. The fourth-order valence-electron chi connectivity index (χ4n) is 4.98. The fraction of sp³-hybridized carbons (Fsp3) is 0.346. The quantitative estimate of drug-likeness (QED) is 0.430. The molecule has 5 rings (SSSR count). The number of anilines is 1. The number of nitrogens with zero attached hydrogens (tertiary/aromatic N) is 2. The third-order valence-corrected chi connectivity index (χ3v) is 9.64. The Morgan fingerprint density at radius 1 is 1.27 bits per heavy atom. The Morgan fingerprint density at radius 3 is 2.92 bits per heavy atom. The first kappa shape index (κ1) is 25.3. The Hall–Kier alpha value is -3.31. The van der Waals surface area contributed by atoms with Crippen LogP contribution >= 0.6 is 11.8 Å². The Morgan fingerprint density at radius 2 is 2.11 bits per heavy atom. The zero-order valence-electron chi connectivity index (χ0n) is 20.3. The van der Waals surface area contributed by atoms with Gasteiger partial charge in [-0.1, -0.05) is 24.3 Å². The minimum Gasteiger partial charge on any atom is -0.463 e. The molecule has 194 valence electrons. The standard InChI is InChI=1S/C26H27N3O6S2/c1-2-35-23(30)13-12-22-24-20(16-36-22)27-26(32)29(25(24)31)18-9-5-10-19(15-18)37(33,34)28-14-6-8-17-7-3-4-11-21(17)28/h3,5,7,9-10,12-13,15-16,22,24H,2,4,6,8,11,14H2,1H3,(H,27,32)/b13-12+. The molecule has 11 heteroatoms. The maximum atomic E-state index is 13.7. The van der Waals surface area contributed by atoms with Gasteiger partial charge in [-0.2, -0.15) is 0 Å². The average molecular weight is 542 g/mol. The Labute approximate surface area is 220 Å². The number of esters is 1. The van der Waals surface area contributed by atoms with Gasteiger partial charge in [0, 0.05) is 29.3 Å². The lowest BCUT2D eigenvalue weighted by atomic mass is 9.96. The number of sulfonamides is 1. The number of amides is 3. The number of carbonyl (C=O) groups excluding carboxylic acids is 3. The molecule has 1 N–H and O–H groups in total. The Kier molecular flexibility index (Phi) is 7.00. The number of ether oxygens (including phenoxy) is 1. The second kappa shape index (κ2) is 10.2. The summed E-state index contributed by atoms with van der Waals surface area (Å²) in [5.41, 5.74) is 2.49. The molecule has 0 radical (unpaired) electrons. The second-order valence-corrected chi connectivity index (χ2v) is 11.9. The van der Waals surface area contributed by atoms with Gasteiger partial charge in [-0.15, -0.1) is 11.8 Å². The lowest BCUT2D eigenvalue weighted by Gasteiger charge is -2.34. The summed E-state index contributed by atoms with van der Waals surface area (Å²) in [5.74, 6) is -1.73. The van der Waals surface area contributed by atoms with E-state index >= 15 is 0 Å². The molecule has 2 unspecified atom stereocenters. The number of allylic oxidation sites excluding steroid dienone is 4. The molecular weight excluding hydrogens is 514 g/mol. The molecule has 9 nitrogen and oxygen atoms in total. The van der Waals surface area contributed by atoms with Gasteiger partial charge in [-0.05, 0) is 61.8 Å². The van der Waals surface area contributed by atoms with E-state index in [4.69, 9.17) is 4.74 Å². The Bertz CT molecular complexity index is 1380. The van der Waals surface area contributed by atoms with E-state index in [9.17, 15) is 22.8 Å². The van der Waals surface area contributed by atoms with Gasteiger partial charge >= 0.3 is 12.0 Å². The van der Waals surface area contributed by atoms with Gasteiger partial charge in [0.25, 0.3) is 10.0 Å². The summed E-state index contributed by atoms with van der Waals surface area (Å²) in [5, 5.41) is 4.02. The molecule has 1 aromatic rings. The van der Waals surface area contributed by atoms with Crippen molar-refractivity contribution in [2.24, 2.45) is 5.92 Å². The first-order valence-corrected chi connectivity index (χ1v) is 14.6. The zero-order valence-corrected chi connectivity index (χ0v) is 21.9. The average Bonchev–Trinajstić information content (AvgIpc) is 3.30. The molecule has 1 aliphatic carbocycles. The van der Waals surface area contributed by atoms with Crippen LogP contribution in [-0.4, -0.2) is 49.0 Å². The minimum absolute atomic E-state index is 0.0230. The molecule has 0 bridgehead atoms. The van der Waals surface area contributed by atoms with Crippen molar-refractivity contribution < 1.29 is 27.5 Å². The molecule has 0 spiro atoms. The number of imide groups is 1. The van der Waals surface area contributed by atoms with Crippen molar-refractivity contribution >= 4 is 45.4 Å². The molecule has 2 atom stereocenters. The molecule has 1 saturated heterocycles. The predicted molar refractivity (Wildman–Crippen MR) is 140 cm³/mol. The first-order valence-electron chi connectivity index (χ1n) is 12.2. The fourth-order valence-corrected chi connectivity index (χ4v) is 7.72. The van der Waals surface area contributed by atoms with E-state index in [1.54, 1.807) is 24.5 Å². The van der Waals surface area contributed by atoms with Crippen molar-refractivity contribution in [2.75, 3.05) is 18.1 Å². The molecule has 3 aliphatic heterocycles. The van der Waals surface area contributed by atoms with Crippen LogP contribution in [0.15, 0.2) is 75.8 Å². The summed E-state index contributed by atoms with van der Waals surface area (Å²) >= 11 is 1.32. The van der Waals surface area contributed by atoms with E-state index in [1.165, 1.54) is 40.3 Å². The SMILES string of the molecule is CCOC(=O)/C=C/C1SC=C2NC(=O)N(c3cccc(S(=O)(=O)N4CCCC5=C4CCC=C5)c3)C(=O)C21. The highest BCUT2D eigenvalue weighted by molar-refractivity contribution is 8.03. The summed E-state index contributed by atoms with van der Waals surface area (Å²) < 4.78 is 33.7. The van der Waals surface area contributed by atoms with Crippen molar-refractivity contribution in [3.63, 3.8) is 0 Å². The highest BCUT2D eigenvalue weighted by Crippen LogP contribution is 2.40. The van der Waals surface area contributed by atoms with Crippen LogP contribution in [0.2, 0.25) is 0 Å². The maximum Gasteiger partial charge on any atom is 0.332 e. The number of thioether (sulfide) groups is 1. The molecule has 4 aliphatic rings. The van der Waals surface area contributed by atoms with Gasteiger partial charge in [0.1, 0.15) is 0 Å². The second-order valence-electron chi connectivity index (χ2n) is 8.96. The third-order valence-electron chi connectivity index (χ3n) is 6.67. The van der Waals surface area contributed by atoms with E-state index in [-0.39, 0.29) is 17.2 Å². The highest BCUT2D eigenvalue weighted by Gasteiger charge is 2.45. The van der Waals surface area contributed by atoms with Gasteiger partial charge in [-0.25, -0.2) is 22.9 Å².